The van der Waals surface area contributed by atoms with E-state index in [4.69, 9.17) is 0 Å². The molecule has 3 amide bonds. The van der Waals surface area contributed by atoms with Crippen LogP contribution in [-0.2, 0) is 17.8 Å². The average Bonchev–Trinajstić information content (AvgIpc) is 3.25. The summed E-state index contributed by atoms with van der Waals surface area (Å²) in [6.07, 6.45) is 2.07. The van der Waals surface area contributed by atoms with Gasteiger partial charge in [-0.1, -0.05) is 0 Å². The van der Waals surface area contributed by atoms with Crippen LogP contribution in [-0.4, -0.2) is 62.7 Å². The maximum Gasteiger partial charge on any atom is 0.317 e. The van der Waals surface area contributed by atoms with Crippen molar-refractivity contribution >= 4 is 11.9 Å². The van der Waals surface area contributed by atoms with Crippen molar-refractivity contribution in [3.05, 3.63) is 11.6 Å². The number of carbonyl (C=O) groups excluding carboxylic acids is 2. The lowest BCUT2D eigenvalue weighted by atomic mass is 10.0. The fraction of sp³-hybridized carbons (Fsp3) is 0.750. The van der Waals surface area contributed by atoms with Crippen molar-refractivity contribution in [2.24, 2.45) is 11.8 Å². The number of rotatable bonds is 2. The summed E-state index contributed by atoms with van der Waals surface area (Å²) in [5.41, 5.74) is 0. The van der Waals surface area contributed by atoms with E-state index < -0.39 is 0 Å². The third-order valence-corrected chi connectivity index (χ3v) is 5.58. The number of carbonyl (C=O) groups is 2. The predicted molar refractivity (Wildman–Crippen MR) is 86.1 cm³/mol. The van der Waals surface area contributed by atoms with Crippen LogP contribution in [0, 0.1) is 11.8 Å². The number of amides is 3. The van der Waals surface area contributed by atoms with Crippen LogP contribution in [0.2, 0.25) is 0 Å². The maximum absolute atomic E-state index is 12.6. The zero-order valence-corrected chi connectivity index (χ0v) is 14.2. The highest BCUT2D eigenvalue weighted by Crippen LogP contribution is 2.31. The summed E-state index contributed by atoms with van der Waals surface area (Å²) in [5.74, 6) is 2.82. The van der Waals surface area contributed by atoms with E-state index in [-0.39, 0.29) is 18.0 Å². The van der Waals surface area contributed by atoms with Crippen molar-refractivity contribution in [3.8, 4) is 0 Å². The third-order valence-electron chi connectivity index (χ3n) is 5.58. The van der Waals surface area contributed by atoms with Gasteiger partial charge in [-0.3, -0.25) is 4.79 Å². The van der Waals surface area contributed by atoms with Gasteiger partial charge in [-0.2, -0.15) is 0 Å². The fourth-order valence-electron chi connectivity index (χ4n) is 4.25. The molecule has 0 bridgehead atoms. The molecule has 2 saturated heterocycles. The van der Waals surface area contributed by atoms with Crippen molar-refractivity contribution in [1.82, 2.24) is 29.9 Å². The highest BCUT2D eigenvalue weighted by Gasteiger charge is 2.42. The number of nitrogens with one attached hydrogen (secondary N) is 1. The first-order valence-electron chi connectivity index (χ1n) is 8.76. The molecule has 4 rings (SSSR count). The van der Waals surface area contributed by atoms with Gasteiger partial charge in [-0.25, -0.2) is 4.79 Å². The first kappa shape index (κ1) is 15.4. The van der Waals surface area contributed by atoms with E-state index in [9.17, 15) is 9.59 Å². The van der Waals surface area contributed by atoms with Gasteiger partial charge in [-0.15, -0.1) is 10.2 Å². The number of nitrogens with zero attached hydrogens (tertiary/aromatic N) is 5. The number of likely N-dealkylation sites (tertiary alicyclic amines) is 2. The first-order valence-corrected chi connectivity index (χ1v) is 8.76. The second-order valence-electron chi connectivity index (χ2n) is 7.25. The number of aromatic nitrogens is 3. The van der Waals surface area contributed by atoms with Crippen LogP contribution in [0.25, 0.3) is 0 Å². The van der Waals surface area contributed by atoms with Gasteiger partial charge in [0.25, 0.3) is 0 Å². The maximum atomic E-state index is 12.6. The van der Waals surface area contributed by atoms with Crippen molar-refractivity contribution in [2.45, 2.75) is 39.3 Å². The first-order chi connectivity index (χ1) is 11.5. The predicted octanol–water partition coefficient (Wildman–Crippen LogP) is 0.405. The monoisotopic (exact) mass is 332 g/mol. The number of hydrogen-bond donors (Lipinski definition) is 1. The second-order valence-corrected chi connectivity index (χ2v) is 7.25. The number of aryl methyl sites for hydroxylation is 1. The Bertz CT molecular complexity index is 658. The van der Waals surface area contributed by atoms with Crippen LogP contribution in [0.15, 0.2) is 0 Å². The summed E-state index contributed by atoms with van der Waals surface area (Å²) >= 11 is 0. The van der Waals surface area contributed by atoms with Crippen LogP contribution >= 0.6 is 0 Å². The summed E-state index contributed by atoms with van der Waals surface area (Å²) in [6.45, 7) is 7.52. The van der Waals surface area contributed by atoms with E-state index in [0.29, 0.717) is 11.8 Å². The number of urea groups is 1. The zero-order chi connectivity index (χ0) is 16.8. The molecular formula is C16H24N6O2. The topological polar surface area (TPSA) is 83.4 Å². The molecular weight excluding hydrogens is 308 g/mol. The number of hydrogen-bond acceptors (Lipinski definition) is 4. The van der Waals surface area contributed by atoms with E-state index in [0.717, 1.165) is 57.2 Å². The molecule has 3 aliphatic heterocycles. The van der Waals surface area contributed by atoms with Crippen molar-refractivity contribution in [1.29, 1.82) is 0 Å². The van der Waals surface area contributed by atoms with E-state index in [1.807, 2.05) is 16.7 Å². The summed E-state index contributed by atoms with van der Waals surface area (Å²) in [6, 6.07) is -0.187. The Balaban J connectivity index is 1.35. The minimum atomic E-state index is -0.147. The summed E-state index contributed by atoms with van der Waals surface area (Å²) in [4.78, 5) is 27.8. The Morgan fingerprint density at radius 1 is 1.12 bits per heavy atom. The molecule has 1 N–H and O–H groups in total. The minimum absolute atomic E-state index is 0.0402. The molecule has 1 unspecified atom stereocenters. The lowest BCUT2D eigenvalue weighted by Gasteiger charge is -2.23. The van der Waals surface area contributed by atoms with Gasteiger partial charge in [-0.05, 0) is 13.3 Å². The van der Waals surface area contributed by atoms with Gasteiger partial charge in [0.05, 0.1) is 6.04 Å². The third kappa shape index (κ3) is 2.53. The lowest BCUT2D eigenvalue weighted by molar-refractivity contribution is -0.128. The quantitative estimate of drug-likeness (QED) is 0.850. The SMILES string of the molecule is CC(=O)N1C[C@@H]2CN(C(=O)NC(C)c3nnc4n3CCC4)C[C@@H]2C1. The van der Waals surface area contributed by atoms with Crippen LogP contribution in [0.3, 0.4) is 0 Å². The van der Waals surface area contributed by atoms with Crippen LogP contribution < -0.4 is 5.32 Å². The molecule has 130 valence electrons. The molecule has 0 spiro atoms. The fourth-order valence-corrected chi connectivity index (χ4v) is 4.25. The largest absolute Gasteiger partial charge is 0.342 e. The molecule has 8 heteroatoms. The molecule has 8 nitrogen and oxygen atoms in total. The van der Waals surface area contributed by atoms with E-state index in [1.54, 1.807) is 6.92 Å². The van der Waals surface area contributed by atoms with Crippen LogP contribution in [0.4, 0.5) is 4.79 Å². The van der Waals surface area contributed by atoms with Crippen LogP contribution in [0.1, 0.15) is 38.0 Å². The highest BCUT2D eigenvalue weighted by molar-refractivity contribution is 5.76. The minimum Gasteiger partial charge on any atom is -0.342 e. The molecule has 2 fully saturated rings. The molecule has 1 aromatic rings. The Morgan fingerprint density at radius 2 is 1.79 bits per heavy atom. The molecule has 0 saturated carbocycles. The zero-order valence-electron chi connectivity index (χ0n) is 14.2. The van der Waals surface area contributed by atoms with Gasteiger partial charge >= 0.3 is 6.03 Å². The normalized spacial score (nSPS) is 26.4. The Kier molecular flexibility index (Phi) is 3.69. The molecule has 1 aromatic heterocycles. The van der Waals surface area contributed by atoms with Crippen LogP contribution in [0.5, 0.6) is 0 Å². The second kappa shape index (κ2) is 5.75. The van der Waals surface area contributed by atoms with Crippen molar-refractivity contribution in [3.63, 3.8) is 0 Å². The number of fused-ring (bicyclic) bond motifs is 2. The van der Waals surface area contributed by atoms with E-state index >= 15 is 0 Å². The Hall–Kier alpha value is -2.12. The molecule has 24 heavy (non-hydrogen) atoms. The van der Waals surface area contributed by atoms with Gasteiger partial charge in [0.2, 0.25) is 5.91 Å². The molecule has 0 aromatic carbocycles. The Labute approximate surface area is 141 Å². The van der Waals surface area contributed by atoms with Gasteiger partial charge < -0.3 is 19.7 Å². The van der Waals surface area contributed by atoms with E-state index in [1.165, 1.54) is 0 Å². The Morgan fingerprint density at radius 3 is 2.46 bits per heavy atom. The average molecular weight is 332 g/mol. The van der Waals surface area contributed by atoms with Crippen molar-refractivity contribution in [2.75, 3.05) is 26.2 Å². The smallest absolute Gasteiger partial charge is 0.317 e. The summed E-state index contributed by atoms with van der Waals surface area (Å²) < 4.78 is 2.12. The standard InChI is InChI=1S/C16H24N6O2/c1-10(15-19-18-14-4-3-5-22(14)15)17-16(24)21-8-12-6-20(11(2)23)7-13(12)9-21/h10,12-13H,3-9H2,1-2H3,(H,17,24)/t10?,12-,13+. The molecule has 0 radical (unpaired) electrons. The van der Waals surface area contributed by atoms with Crippen molar-refractivity contribution < 1.29 is 9.59 Å². The molecule has 0 aliphatic carbocycles. The molecule has 4 heterocycles. The summed E-state index contributed by atoms with van der Waals surface area (Å²) in [5, 5.41) is 11.5. The van der Waals surface area contributed by atoms with Gasteiger partial charge in [0.1, 0.15) is 5.82 Å². The molecule has 3 aliphatic rings. The summed E-state index contributed by atoms with van der Waals surface area (Å²) in [7, 11) is 0. The van der Waals surface area contributed by atoms with Gasteiger partial charge in [0.15, 0.2) is 5.82 Å². The van der Waals surface area contributed by atoms with Gasteiger partial charge in [0, 0.05) is 57.9 Å². The highest BCUT2D eigenvalue weighted by atomic mass is 16.2. The lowest BCUT2D eigenvalue weighted by Crippen LogP contribution is -2.42. The molecule has 3 atom stereocenters. The van der Waals surface area contributed by atoms with E-state index in [2.05, 4.69) is 20.1 Å².